The molecule has 1 aromatic carbocycles. The molecular weight excluding hydrogens is 238 g/mol. The number of carbonyl (C=O) groups excluding carboxylic acids is 1. The minimum Gasteiger partial charge on any atom is -0.382 e. The Balaban J connectivity index is 2.05. The monoisotopic (exact) mass is 261 g/mol. The van der Waals surface area contributed by atoms with Crippen LogP contribution < -0.4 is 16.4 Å². The lowest BCUT2D eigenvalue weighted by atomic mass is 9.91. The van der Waals surface area contributed by atoms with Gasteiger partial charge in [-0.25, -0.2) is 4.79 Å². The first-order valence-corrected chi connectivity index (χ1v) is 6.79. The van der Waals surface area contributed by atoms with Gasteiger partial charge in [0.25, 0.3) is 0 Å². The highest BCUT2D eigenvalue weighted by Crippen LogP contribution is 2.42. The zero-order valence-electron chi connectivity index (χ0n) is 11.9. The molecule has 4 N–H and O–H groups in total. The number of urea groups is 1. The second-order valence-corrected chi connectivity index (χ2v) is 6.37. The highest BCUT2D eigenvalue weighted by atomic mass is 16.2. The Morgan fingerprint density at radius 3 is 2.58 bits per heavy atom. The molecule has 1 saturated carbocycles. The van der Waals surface area contributed by atoms with Crippen molar-refractivity contribution < 1.29 is 4.79 Å². The van der Waals surface area contributed by atoms with Gasteiger partial charge in [-0.3, -0.25) is 0 Å². The lowest BCUT2D eigenvalue weighted by molar-refractivity contribution is 0.259. The molecule has 4 nitrogen and oxygen atoms in total. The minimum absolute atomic E-state index is 0.403. The standard InChI is InChI=1S/C15H23N3O/c1-10-8-15(2,3)9-13(10)17-11-5-4-6-12(7-11)18-14(16)19/h4-7,10,13,17H,8-9H2,1-3H3,(H3,16,18,19). The molecule has 0 aromatic heterocycles. The number of benzene rings is 1. The topological polar surface area (TPSA) is 67.2 Å². The molecule has 4 heteroatoms. The van der Waals surface area contributed by atoms with Crippen LogP contribution in [0.1, 0.15) is 33.6 Å². The van der Waals surface area contributed by atoms with Crippen LogP contribution in [0.4, 0.5) is 16.2 Å². The molecule has 2 atom stereocenters. The molecule has 1 aliphatic rings. The number of nitrogens with two attached hydrogens (primary N) is 1. The molecule has 0 aliphatic heterocycles. The van der Waals surface area contributed by atoms with Gasteiger partial charge in [-0.1, -0.05) is 26.8 Å². The molecule has 2 unspecified atom stereocenters. The van der Waals surface area contributed by atoms with Crippen molar-refractivity contribution in [3.05, 3.63) is 24.3 Å². The summed E-state index contributed by atoms with van der Waals surface area (Å²) in [5, 5.41) is 6.16. The van der Waals surface area contributed by atoms with Gasteiger partial charge in [-0.2, -0.15) is 0 Å². The van der Waals surface area contributed by atoms with E-state index >= 15 is 0 Å². The summed E-state index contributed by atoms with van der Waals surface area (Å²) in [4.78, 5) is 10.9. The summed E-state index contributed by atoms with van der Waals surface area (Å²) in [6, 6.07) is 7.63. The number of hydrogen-bond donors (Lipinski definition) is 3. The molecule has 1 fully saturated rings. The number of rotatable bonds is 3. The fourth-order valence-electron chi connectivity index (χ4n) is 3.13. The van der Waals surface area contributed by atoms with Crippen LogP contribution in [0.5, 0.6) is 0 Å². The Bertz CT molecular complexity index is 470. The number of hydrogen-bond acceptors (Lipinski definition) is 2. The predicted octanol–water partition coefficient (Wildman–Crippen LogP) is 3.41. The van der Waals surface area contributed by atoms with Gasteiger partial charge in [0, 0.05) is 17.4 Å². The maximum atomic E-state index is 10.9. The van der Waals surface area contributed by atoms with Crippen molar-refractivity contribution >= 4 is 17.4 Å². The fraction of sp³-hybridized carbons (Fsp3) is 0.533. The van der Waals surface area contributed by atoms with Crippen LogP contribution in [-0.2, 0) is 0 Å². The van der Waals surface area contributed by atoms with Crippen LogP contribution in [0.2, 0.25) is 0 Å². The van der Waals surface area contributed by atoms with Crippen LogP contribution in [0.3, 0.4) is 0 Å². The van der Waals surface area contributed by atoms with Crippen molar-refractivity contribution in [2.75, 3.05) is 10.6 Å². The van der Waals surface area contributed by atoms with E-state index < -0.39 is 6.03 Å². The Hall–Kier alpha value is -1.71. The van der Waals surface area contributed by atoms with Crippen LogP contribution in [0.25, 0.3) is 0 Å². The molecule has 19 heavy (non-hydrogen) atoms. The summed E-state index contributed by atoms with van der Waals surface area (Å²) in [6.07, 6.45) is 2.41. The third-order valence-electron chi connectivity index (χ3n) is 3.82. The fourth-order valence-corrected chi connectivity index (χ4v) is 3.13. The number of amides is 2. The van der Waals surface area contributed by atoms with Crippen LogP contribution in [-0.4, -0.2) is 12.1 Å². The summed E-state index contributed by atoms with van der Waals surface area (Å²) in [5.41, 5.74) is 7.28. The number of primary amides is 1. The van der Waals surface area contributed by atoms with E-state index in [1.54, 1.807) is 0 Å². The molecule has 1 aromatic rings. The molecular formula is C15H23N3O. The van der Waals surface area contributed by atoms with Crippen molar-refractivity contribution in [2.45, 2.75) is 39.7 Å². The molecule has 2 rings (SSSR count). The normalized spacial score (nSPS) is 25.0. The SMILES string of the molecule is CC1CC(C)(C)CC1Nc1cccc(NC(N)=O)c1. The maximum absolute atomic E-state index is 10.9. The van der Waals surface area contributed by atoms with E-state index in [0.29, 0.717) is 17.4 Å². The molecule has 104 valence electrons. The van der Waals surface area contributed by atoms with Gasteiger partial charge < -0.3 is 16.4 Å². The predicted molar refractivity (Wildman–Crippen MR) is 79.2 cm³/mol. The lowest BCUT2D eigenvalue weighted by Crippen LogP contribution is -2.23. The smallest absolute Gasteiger partial charge is 0.316 e. The van der Waals surface area contributed by atoms with Crippen molar-refractivity contribution in [1.82, 2.24) is 0 Å². The number of nitrogens with one attached hydrogen (secondary N) is 2. The first-order valence-electron chi connectivity index (χ1n) is 6.79. The zero-order valence-corrected chi connectivity index (χ0v) is 11.9. The molecule has 0 spiro atoms. The van der Waals surface area contributed by atoms with Crippen molar-refractivity contribution in [3.8, 4) is 0 Å². The largest absolute Gasteiger partial charge is 0.382 e. The average molecular weight is 261 g/mol. The summed E-state index contributed by atoms with van der Waals surface area (Å²) in [5.74, 6) is 0.655. The van der Waals surface area contributed by atoms with Gasteiger partial charge >= 0.3 is 6.03 Å². The van der Waals surface area contributed by atoms with E-state index in [1.165, 1.54) is 12.8 Å². The minimum atomic E-state index is -0.535. The van der Waals surface area contributed by atoms with E-state index in [9.17, 15) is 4.79 Å². The molecule has 0 heterocycles. The van der Waals surface area contributed by atoms with Crippen LogP contribution in [0.15, 0.2) is 24.3 Å². The summed E-state index contributed by atoms with van der Waals surface area (Å²) in [7, 11) is 0. The number of anilines is 2. The second kappa shape index (κ2) is 5.11. The molecule has 1 aliphatic carbocycles. The van der Waals surface area contributed by atoms with Gasteiger partial charge in [-0.05, 0) is 42.4 Å². The second-order valence-electron chi connectivity index (χ2n) is 6.37. The highest BCUT2D eigenvalue weighted by molar-refractivity contribution is 5.88. The van der Waals surface area contributed by atoms with Gasteiger partial charge in [0.1, 0.15) is 0 Å². The Labute approximate surface area is 114 Å². The molecule has 0 radical (unpaired) electrons. The van der Waals surface area contributed by atoms with Gasteiger partial charge in [-0.15, -0.1) is 0 Å². The Morgan fingerprint density at radius 1 is 1.32 bits per heavy atom. The highest BCUT2D eigenvalue weighted by Gasteiger charge is 2.36. The van der Waals surface area contributed by atoms with E-state index in [1.807, 2.05) is 24.3 Å². The molecule has 0 saturated heterocycles. The van der Waals surface area contributed by atoms with Crippen LogP contribution in [0, 0.1) is 11.3 Å². The lowest BCUT2D eigenvalue weighted by Gasteiger charge is -2.20. The average Bonchev–Trinajstić information content (AvgIpc) is 2.51. The first kappa shape index (κ1) is 13.7. The number of carbonyl (C=O) groups is 1. The quantitative estimate of drug-likeness (QED) is 0.780. The van der Waals surface area contributed by atoms with E-state index in [2.05, 4.69) is 31.4 Å². The maximum Gasteiger partial charge on any atom is 0.316 e. The van der Waals surface area contributed by atoms with E-state index in [0.717, 1.165) is 11.4 Å². The van der Waals surface area contributed by atoms with Crippen molar-refractivity contribution in [2.24, 2.45) is 17.1 Å². The van der Waals surface area contributed by atoms with Gasteiger partial charge in [0.15, 0.2) is 0 Å². The van der Waals surface area contributed by atoms with E-state index in [-0.39, 0.29) is 0 Å². The summed E-state index contributed by atoms with van der Waals surface area (Å²) in [6.45, 7) is 6.92. The summed E-state index contributed by atoms with van der Waals surface area (Å²) >= 11 is 0. The van der Waals surface area contributed by atoms with Gasteiger partial charge in [0.05, 0.1) is 0 Å². The first-order chi connectivity index (χ1) is 8.85. The summed E-state index contributed by atoms with van der Waals surface area (Å²) < 4.78 is 0. The zero-order chi connectivity index (χ0) is 14.0. The Kier molecular flexibility index (Phi) is 3.69. The van der Waals surface area contributed by atoms with Crippen molar-refractivity contribution in [1.29, 1.82) is 0 Å². The van der Waals surface area contributed by atoms with Crippen LogP contribution >= 0.6 is 0 Å². The molecule has 0 bridgehead atoms. The van der Waals surface area contributed by atoms with Gasteiger partial charge in [0.2, 0.25) is 0 Å². The third kappa shape index (κ3) is 3.63. The third-order valence-corrected chi connectivity index (χ3v) is 3.82. The molecule has 2 amide bonds. The van der Waals surface area contributed by atoms with Crippen molar-refractivity contribution in [3.63, 3.8) is 0 Å². The Morgan fingerprint density at radius 2 is 2.00 bits per heavy atom. The van der Waals surface area contributed by atoms with E-state index in [4.69, 9.17) is 5.73 Å².